The van der Waals surface area contributed by atoms with Gasteiger partial charge in [-0.05, 0) is 19.1 Å². The molecule has 188 valence electrons. The second kappa shape index (κ2) is 56.5. The molecular formula is C25H58N6. The van der Waals surface area contributed by atoms with Gasteiger partial charge in [-0.2, -0.15) is 25.5 Å². The largest absolute Gasteiger partial charge is 0.276 e. The smallest absolute Gasteiger partial charge is 0.0883 e. The molecule has 0 saturated heterocycles. The highest BCUT2D eigenvalue weighted by Crippen LogP contribution is 1.99. The van der Waals surface area contributed by atoms with Crippen LogP contribution in [0.2, 0.25) is 0 Å². The number of azo groups is 1. The molecule has 2 aliphatic heterocycles. The van der Waals surface area contributed by atoms with Crippen LogP contribution in [0.15, 0.2) is 51.2 Å². The Labute approximate surface area is 197 Å². The Morgan fingerprint density at radius 3 is 1.23 bits per heavy atom. The summed E-state index contributed by atoms with van der Waals surface area (Å²) < 4.78 is 1.75. The van der Waals surface area contributed by atoms with Crippen molar-refractivity contribution in [1.29, 1.82) is 0 Å². The van der Waals surface area contributed by atoms with Crippen molar-refractivity contribution >= 4 is 12.4 Å². The van der Waals surface area contributed by atoms with E-state index >= 15 is 0 Å². The van der Waals surface area contributed by atoms with Crippen molar-refractivity contribution in [3.63, 3.8) is 0 Å². The third-order valence-electron chi connectivity index (χ3n) is 1.99. The van der Waals surface area contributed by atoms with Crippen molar-refractivity contribution in [2.75, 3.05) is 0 Å². The Bertz CT molecular complexity index is 385. The Morgan fingerprint density at radius 2 is 1.13 bits per heavy atom. The van der Waals surface area contributed by atoms with Gasteiger partial charge in [0, 0.05) is 44.0 Å². The standard InChI is InChI=1S/3C4H6N2.6C2H6.CH4/c1-4-2-5-6-3-4;1-6-4-2-3-5-6;1-4-2-3-5-6-4;6*1-2;/h3*2-4H,1H3;6*1-2H3;1H4. The lowest BCUT2D eigenvalue weighted by Crippen LogP contribution is -1.88. The van der Waals surface area contributed by atoms with E-state index in [0.29, 0.717) is 12.0 Å². The summed E-state index contributed by atoms with van der Waals surface area (Å²) in [5, 5.41) is 18.4. The molecule has 6 nitrogen and oxygen atoms in total. The van der Waals surface area contributed by atoms with Gasteiger partial charge in [0.05, 0.1) is 6.04 Å². The zero-order valence-electron chi connectivity index (χ0n) is 22.9. The lowest BCUT2D eigenvalue weighted by molar-refractivity contribution is 0.768. The minimum Gasteiger partial charge on any atom is -0.276 e. The fourth-order valence-electron chi connectivity index (χ4n) is 1.02. The van der Waals surface area contributed by atoms with Crippen molar-refractivity contribution < 1.29 is 0 Å². The van der Waals surface area contributed by atoms with E-state index in [9.17, 15) is 0 Å². The van der Waals surface area contributed by atoms with Crippen molar-refractivity contribution in [3.8, 4) is 0 Å². The Balaban J connectivity index is -0.0000000445. The minimum absolute atomic E-state index is 0. The molecule has 1 atom stereocenters. The van der Waals surface area contributed by atoms with E-state index in [4.69, 9.17) is 0 Å². The molecule has 3 heterocycles. The predicted molar refractivity (Wildman–Crippen MR) is 148 cm³/mol. The highest BCUT2D eigenvalue weighted by atomic mass is 15.2. The van der Waals surface area contributed by atoms with Crippen molar-refractivity contribution in [1.82, 2.24) is 9.78 Å². The second-order valence-corrected chi connectivity index (χ2v) is 3.88. The zero-order chi connectivity index (χ0) is 25.2. The molecule has 0 aliphatic carbocycles. The third-order valence-corrected chi connectivity index (χ3v) is 1.99. The molecule has 0 spiro atoms. The van der Waals surface area contributed by atoms with Crippen LogP contribution < -0.4 is 0 Å². The summed E-state index contributed by atoms with van der Waals surface area (Å²) >= 11 is 0. The van der Waals surface area contributed by atoms with E-state index in [-0.39, 0.29) is 7.43 Å². The first-order valence-electron chi connectivity index (χ1n) is 11.8. The first-order chi connectivity index (χ1) is 14.7. The van der Waals surface area contributed by atoms with Gasteiger partial charge in [-0.3, -0.25) is 4.68 Å². The number of hydrogen-bond donors (Lipinski definition) is 0. The first-order valence-corrected chi connectivity index (χ1v) is 11.8. The molecule has 1 aromatic rings. The van der Waals surface area contributed by atoms with Crippen LogP contribution in [0.1, 0.15) is 104 Å². The summed E-state index contributed by atoms with van der Waals surface area (Å²) in [6.07, 6.45) is 10.9. The molecule has 0 fully saturated rings. The maximum atomic E-state index is 3.83. The first kappa shape index (κ1) is 46.9. The third kappa shape index (κ3) is 52.4. The van der Waals surface area contributed by atoms with Gasteiger partial charge in [-0.25, -0.2) is 0 Å². The van der Waals surface area contributed by atoms with Gasteiger partial charge in [-0.15, -0.1) is 0 Å². The van der Waals surface area contributed by atoms with E-state index in [0.717, 1.165) is 0 Å². The zero-order valence-corrected chi connectivity index (χ0v) is 22.9. The van der Waals surface area contributed by atoms with Crippen LogP contribution >= 0.6 is 0 Å². The molecule has 0 N–H and O–H groups in total. The van der Waals surface area contributed by atoms with Crippen LogP contribution in [0.5, 0.6) is 0 Å². The lowest BCUT2D eigenvalue weighted by atomic mass is 10.2. The van der Waals surface area contributed by atoms with Gasteiger partial charge in [0.1, 0.15) is 0 Å². The number of rotatable bonds is 0. The van der Waals surface area contributed by atoms with Gasteiger partial charge in [0.25, 0.3) is 0 Å². The molecule has 3 rings (SSSR count). The molecule has 31 heavy (non-hydrogen) atoms. The number of nitrogens with zero attached hydrogens (tertiary/aromatic N) is 6. The molecule has 1 aromatic heterocycles. The molecule has 6 heteroatoms. The van der Waals surface area contributed by atoms with Crippen LogP contribution in [0, 0.1) is 5.92 Å². The van der Waals surface area contributed by atoms with Crippen LogP contribution in [0.3, 0.4) is 0 Å². The van der Waals surface area contributed by atoms with E-state index in [1.54, 1.807) is 29.5 Å². The monoisotopic (exact) mass is 442 g/mol. The quantitative estimate of drug-likeness (QED) is 0.394. The number of aromatic nitrogens is 2. The summed E-state index contributed by atoms with van der Waals surface area (Å²) in [6.45, 7) is 28.0. The van der Waals surface area contributed by atoms with Crippen LogP contribution in [-0.4, -0.2) is 28.3 Å². The number of hydrogen-bond acceptors (Lipinski definition) is 5. The number of aryl methyl sites for hydroxylation is 1. The van der Waals surface area contributed by atoms with E-state index in [1.165, 1.54) is 0 Å². The van der Waals surface area contributed by atoms with Crippen molar-refractivity contribution in [2.24, 2.45) is 33.4 Å². The summed E-state index contributed by atoms with van der Waals surface area (Å²) in [6, 6.07) is 2.21. The van der Waals surface area contributed by atoms with Gasteiger partial charge >= 0.3 is 0 Å². The second-order valence-electron chi connectivity index (χ2n) is 3.88. The Morgan fingerprint density at radius 1 is 0.710 bits per heavy atom. The lowest BCUT2D eigenvalue weighted by Gasteiger charge is -1.81. The van der Waals surface area contributed by atoms with Crippen molar-refractivity contribution in [3.05, 3.63) is 30.7 Å². The van der Waals surface area contributed by atoms with Gasteiger partial charge in [0.15, 0.2) is 0 Å². The molecule has 1 unspecified atom stereocenters. The van der Waals surface area contributed by atoms with Gasteiger partial charge in [0.2, 0.25) is 0 Å². The maximum Gasteiger partial charge on any atom is 0.0883 e. The summed E-state index contributed by atoms with van der Waals surface area (Å²) in [4.78, 5) is 0. The topological polar surface area (TPSA) is 67.3 Å². The normalized spacial score (nSPS) is 12.4. The highest BCUT2D eigenvalue weighted by molar-refractivity contribution is 5.86. The van der Waals surface area contributed by atoms with Crippen molar-refractivity contribution in [2.45, 2.75) is 110 Å². The minimum atomic E-state index is 0. The fraction of sp³-hybridized carbons (Fsp3) is 0.720. The van der Waals surface area contributed by atoms with Gasteiger partial charge in [-0.1, -0.05) is 97.4 Å². The summed E-state index contributed by atoms with van der Waals surface area (Å²) in [5.74, 6) is 0.463. The summed E-state index contributed by atoms with van der Waals surface area (Å²) in [5.41, 5.74) is 0. The van der Waals surface area contributed by atoms with Crippen LogP contribution in [0.25, 0.3) is 0 Å². The molecular weight excluding hydrogens is 384 g/mol. The fourth-order valence-corrected chi connectivity index (χ4v) is 1.02. The van der Waals surface area contributed by atoms with Gasteiger partial charge < -0.3 is 0 Å². The summed E-state index contributed by atoms with van der Waals surface area (Å²) in [7, 11) is 1.89. The molecule has 0 saturated carbocycles. The molecule has 0 amide bonds. The average Bonchev–Trinajstić information content (AvgIpc) is 3.63. The SMILES string of the molecule is C.CC.CC.CC.CC.CC.CC.CC1C=CN=N1.CC1C=NN=C1.Cn1cccn1. The van der Waals surface area contributed by atoms with Crippen LogP contribution in [-0.2, 0) is 7.05 Å². The molecule has 0 radical (unpaired) electrons. The maximum absolute atomic E-state index is 3.83. The molecule has 0 bridgehead atoms. The van der Waals surface area contributed by atoms with E-state index < -0.39 is 0 Å². The van der Waals surface area contributed by atoms with Crippen LogP contribution in [0.4, 0.5) is 0 Å². The van der Waals surface area contributed by atoms with E-state index in [1.807, 2.05) is 122 Å². The molecule has 0 aromatic carbocycles. The Kier molecular flexibility index (Phi) is 85.5. The average molecular weight is 443 g/mol. The Hall–Kier alpha value is -2.11. The predicted octanol–water partition coefficient (Wildman–Crippen LogP) is 9.26. The highest BCUT2D eigenvalue weighted by Gasteiger charge is 1.93. The molecule has 2 aliphatic rings. The van der Waals surface area contributed by atoms with E-state index in [2.05, 4.69) is 25.5 Å².